The third kappa shape index (κ3) is 4.26. The van der Waals surface area contributed by atoms with Crippen molar-refractivity contribution < 1.29 is 4.74 Å². The van der Waals surface area contributed by atoms with Crippen LogP contribution in [0.5, 0.6) is 11.5 Å². The molecule has 4 heterocycles. The zero-order chi connectivity index (χ0) is 33.5. The summed E-state index contributed by atoms with van der Waals surface area (Å²) >= 11 is 0. The average molecular weight is 645 g/mol. The molecule has 0 saturated carbocycles. The van der Waals surface area contributed by atoms with Gasteiger partial charge in [-0.15, -0.1) is 0 Å². The summed E-state index contributed by atoms with van der Waals surface area (Å²) in [6.45, 7) is 6.58. The van der Waals surface area contributed by atoms with E-state index in [1.165, 1.54) is 38.6 Å². The number of hydrogen-bond acceptors (Lipinski definition) is 3. The third-order valence-electron chi connectivity index (χ3n) is 10.0. The van der Waals surface area contributed by atoms with Crippen molar-refractivity contribution in [1.82, 2.24) is 18.9 Å². The van der Waals surface area contributed by atoms with Crippen molar-refractivity contribution in [1.29, 1.82) is 0 Å². The molecule has 50 heavy (non-hydrogen) atoms. The number of rotatable bonds is 4. The zero-order valence-electron chi connectivity index (χ0n) is 28.0. The topological polar surface area (TPSA) is 44.3 Å². The van der Waals surface area contributed by atoms with Gasteiger partial charge in [0.25, 0.3) is 0 Å². The van der Waals surface area contributed by atoms with E-state index in [0.29, 0.717) is 0 Å². The molecule has 0 fully saturated rings. The molecule has 0 amide bonds. The molecule has 10 rings (SSSR count). The summed E-state index contributed by atoms with van der Waals surface area (Å²) in [5.74, 6) is 2.39. The van der Waals surface area contributed by atoms with Gasteiger partial charge in [0, 0.05) is 33.8 Å². The first kappa shape index (κ1) is 28.5. The minimum Gasteiger partial charge on any atom is -0.457 e. The largest absolute Gasteiger partial charge is 0.457 e. The van der Waals surface area contributed by atoms with Crippen LogP contribution in [0.3, 0.4) is 0 Å². The molecule has 4 aromatic heterocycles. The normalized spacial score (nSPS) is 11.9. The van der Waals surface area contributed by atoms with Gasteiger partial charge in [0.1, 0.15) is 23.0 Å². The lowest BCUT2D eigenvalue weighted by atomic mass is 9.92. The molecule has 0 spiro atoms. The van der Waals surface area contributed by atoms with Gasteiger partial charge in [-0.25, -0.2) is 9.97 Å². The van der Waals surface area contributed by atoms with Crippen molar-refractivity contribution in [3.05, 3.63) is 156 Å². The fraction of sp³-hybridized carbons (Fsp3) is 0.0667. The first-order chi connectivity index (χ1) is 24.5. The molecular formula is C45H32N4O. The fourth-order valence-electron chi connectivity index (χ4n) is 8.08. The molecule has 0 unspecified atom stereocenters. The predicted octanol–water partition coefficient (Wildman–Crippen LogP) is 11.7. The standard InChI is InChI=1S/C45H32N4O/c1-27-22-28(2)44(29(3)23-27)30-15-18-35-33-19-16-31(25-37(33)45-47-38-11-5-7-13-40(38)49(45)41(35)24-30)50-32-17-20-36-34-10-4-6-12-39(34)48(42(36)26-32)43-14-8-9-21-46-43/h4-26H,1-3H3. The quantitative estimate of drug-likeness (QED) is 0.179. The molecule has 0 aliphatic rings. The number of hydrogen-bond donors (Lipinski definition) is 0. The summed E-state index contributed by atoms with van der Waals surface area (Å²) in [5.41, 5.74) is 12.6. The van der Waals surface area contributed by atoms with E-state index in [0.717, 1.165) is 66.7 Å². The van der Waals surface area contributed by atoms with Gasteiger partial charge in [0.2, 0.25) is 0 Å². The molecule has 0 saturated heterocycles. The minimum absolute atomic E-state index is 0.758. The number of ether oxygens (including phenoxy) is 1. The number of nitrogens with zero attached hydrogens (tertiary/aromatic N) is 4. The number of aryl methyl sites for hydroxylation is 3. The van der Waals surface area contributed by atoms with Gasteiger partial charge in [0.05, 0.1) is 27.6 Å². The third-order valence-corrected chi connectivity index (χ3v) is 10.0. The van der Waals surface area contributed by atoms with Gasteiger partial charge in [-0.1, -0.05) is 66.2 Å². The van der Waals surface area contributed by atoms with Crippen molar-refractivity contribution in [2.75, 3.05) is 0 Å². The van der Waals surface area contributed by atoms with Crippen LogP contribution in [0.4, 0.5) is 0 Å². The van der Waals surface area contributed by atoms with Crippen LogP contribution < -0.4 is 4.74 Å². The number of fused-ring (bicyclic) bond motifs is 11. The average Bonchev–Trinajstić information content (AvgIpc) is 3.68. The Balaban J connectivity index is 1.16. The highest BCUT2D eigenvalue weighted by Gasteiger charge is 2.18. The predicted molar refractivity (Wildman–Crippen MR) is 206 cm³/mol. The molecule has 5 heteroatoms. The van der Waals surface area contributed by atoms with Crippen molar-refractivity contribution in [2.45, 2.75) is 20.8 Å². The number of pyridine rings is 2. The summed E-state index contributed by atoms with van der Waals surface area (Å²) < 4.78 is 11.2. The lowest BCUT2D eigenvalue weighted by Crippen LogP contribution is -1.96. The van der Waals surface area contributed by atoms with E-state index in [1.54, 1.807) is 0 Å². The molecule has 238 valence electrons. The summed E-state index contributed by atoms with van der Waals surface area (Å²) in [6, 6.07) is 47.0. The van der Waals surface area contributed by atoms with Gasteiger partial charge >= 0.3 is 0 Å². The number of aromatic nitrogens is 4. The Kier molecular flexibility index (Phi) is 6.15. The first-order valence-electron chi connectivity index (χ1n) is 17.0. The highest BCUT2D eigenvalue weighted by molar-refractivity contribution is 6.15. The first-order valence-corrected chi connectivity index (χ1v) is 17.0. The van der Waals surface area contributed by atoms with E-state index in [4.69, 9.17) is 9.72 Å². The lowest BCUT2D eigenvalue weighted by molar-refractivity contribution is 0.484. The summed E-state index contributed by atoms with van der Waals surface area (Å²) in [4.78, 5) is 9.89. The molecule has 0 aliphatic heterocycles. The van der Waals surface area contributed by atoms with E-state index in [1.807, 2.05) is 24.4 Å². The smallest absolute Gasteiger partial charge is 0.146 e. The van der Waals surface area contributed by atoms with Crippen molar-refractivity contribution in [3.63, 3.8) is 0 Å². The second kappa shape index (κ2) is 10.8. The van der Waals surface area contributed by atoms with Crippen LogP contribution in [-0.2, 0) is 0 Å². The van der Waals surface area contributed by atoms with Gasteiger partial charge in [-0.3, -0.25) is 8.97 Å². The van der Waals surface area contributed by atoms with Gasteiger partial charge < -0.3 is 4.74 Å². The second-order valence-electron chi connectivity index (χ2n) is 13.3. The molecule has 5 nitrogen and oxygen atoms in total. The highest BCUT2D eigenvalue weighted by Crippen LogP contribution is 2.39. The molecular weight excluding hydrogens is 613 g/mol. The maximum absolute atomic E-state index is 6.66. The molecule has 0 aliphatic carbocycles. The molecule has 0 radical (unpaired) electrons. The molecule has 6 aromatic carbocycles. The van der Waals surface area contributed by atoms with Crippen LogP contribution in [0, 0.1) is 20.8 Å². The van der Waals surface area contributed by atoms with Crippen molar-refractivity contribution >= 4 is 60.2 Å². The monoisotopic (exact) mass is 644 g/mol. The van der Waals surface area contributed by atoms with E-state index in [2.05, 4.69) is 150 Å². The SMILES string of the molecule is Cc1cc(C)c(-c2ccc3c4ccc(Oc5ccc6c7ccccc7n(-c7ccccn7)c6c5)cc4c4nc5ccccc5n4c3c2)c(C)c1. The Morgan fingerprint density at radius 3 is 2.02 bits per heavy atom. The van der Waals surface area contributed by atoms with Gasteiger partial charge in [-0.05, 0) is 115 Å². The lowest BCUT2D eigenvalue weighted by Gasteiger charge is -2.15. The van der Waals surface area contributed by atoms with E-state index in [-0.39, 0.29) is 0 Å². The zero-order valence-corrected chi connectivity index (χ0v) is 28.0. The van der Waals surface area contributed by atoms with Crippen LogP contribution in [0.2, 0.25) is 0 Å². The van der Waals surface area contributed by atoms with Crippen LogP contribution in [0.1, 0.15) is 16.7 Å². The molecule has 0 N–H and O–H groups in total. The van der Waals surface area contributed by atoms with Gasteiger partial charge in [-0.2, -0.15) is 0 Å². The van der Waals surface area contributed by atoms with E-state index >= 15 is 0 Å². The van der Waals surface area contributed by atoms with E-state index < -0.39 is 0 Å². The molecule has 0 atom stereocenters. The summed E-state index contributed by atoms with van der Waals surface area (Å²) in [7, 11) is 0. The van der Waals surface area contributed by atoms with E-state index in [9.17, 15) is 0 Å². The Labute approximate surface area is 288 Å². The summed E-state index contributed by atoms with van der Waals surface area (Å²) in [5, 5.41) is 5.71. The Morgan fingerprint density at radius 1 is 0.520 bits per heavy atom. The minimum atomic E-state index is 0.758. The molecule has 0 bridgehead atoms. The number of imidazole rings is 1. The van der Waals surface area contributed by atoms with Crippen LogP contribution in [0.25, 0.3) is 77.1 Å². The highest BCUT2D eigenvalue weighted by atomic mass is 16.5. The van der Waals surface area contributed by atoms with Crippen molar-refractivity contribution in [3.8, 4) is 28.4 Å². The Hall–Kier alpha value is -6.46. The Morgan fingerprint density at radius 2 is 1.20 bits per heavy atom. The fourth-order valence-corrected chi connectivity index (χ4v) is 8.08. The van der Waals surface area contributed by atoms with Crippen LogP contribution in [-0.4, -0.2) is 18.9 Å². The van der Waals surface area contributed by atoms with Gasteiger partial charge in [0.15, 0.2) is 0 Å². The maximum Gasteiger partial charge on any atom is 0.146 e. The Bertz CT molecular complexity index is 2970. The number of para-hydroxylation sites is 3. The summed E-state index contributed by atoms with van der Waals surface area (Å²) in [6.07, 6.45) is 1.83. The maximum atomic E-state index is 6.66. The number of benzene rings is 6. The molecule has 10 aromatic rings. The van der Waals surface area contributed by atoms with Crippen LogP contribution >= 0.6 is 0 Å². The van der Waals surface area contributed by atoms with Crippen LogP contribution in [0.15, 0.2) is 140 Å². The van der Waals surface area contributed by atoms with Crippen molar-refractivity contribution in [2.24, 2.45) is 0 Å². The second-order valence-corrected chi connectivity index (χ2v) is 13.3.